The molecule has 11 heteroatoms. The first-order valence-corrected chi connectivity index (χ1v) is 12.4. The molecular weight excluding hydrogens is 497 g/mol. The van der Waals surface area contributed by atoms with E-state index in [0.717, 1.165) is 17.9 Å². The van der Waals surface area contributed by atoms with Crippen LogP contribution in [-0.2, 0) is 21.7 Å². The zero-order valence-corrected chi connectivity index (χ0v) is 22.1. The number of carbonyl (C=O) groups excluding carboxylic acids is 2. The number of anilines is 2. The van der Waals surface area contributed by atoms with Gasteiger partial charge in [0, 0.05) is 23.5 Å². The van der Waals surface area contributed by atoms with E-state index in [9.17, 15) is 19.1 Å². The van der Waals surface area contributed by atoms with Gasteiger partial charge in [-0.2, -0.15) is 0 Å². The minimum Gasteiger partial charge on any atom is -0.386 e. The number of halogens is 1. The van der Waals surface area contributed by atoms with Crippen molar-refractivity contribution in [3.05, 3.63) is 65.1 Å². The molecule has 0 unspecified atom stereocenters. The fraction of sp³-hybridized carbons (Fsp3) is 0.346. The maximum absolute atomic E-state index is 14.9. The van der Waals surface area contributed by atoms with Gasteiger partial charge in [-0.05, 0) is 57.8 Å². The van der Waals surface area contributed by atoms with Crippen LogP contribution < -0.4 is 16.4 Å². The van der Waals surface area contributed by atoms with Crippen LogP contribution in [0.15, 0.2) is 42.5 Å². The molecule has 9 nitrogen and oxygen atoms in total. The molecule has 0 radical (unpaired) electrons. The molecule has 1 aromatic carbocycles. The molecule has 0 aliphatic carbocycles. The summed E-state index contributed by atoms with van der Waals surface area (Å²) in [7, 11) is 3.85. The molecule has 2 heterocycles. The van der Waals surface area contributed by atoms with Crippen LogP contribution in [0.4, 0.5) is 15.2 Å². The molecule has 0 saturated heterocycles. The fourth-order valence-electron chi connectivity index (χ4n) is 3.36. The van der Waals surface area contributed by atoms with Crippen LogP contribution in [0.2, 0.25) is 0 Å². The van der Waals surface area contributed by atoms with E-state index in [4.69, 9.17) is 10.5 Å². The lowest BCUT2D eigenvalue weighted by atomic mass is 9.96. The molecule has 0 aliphatic rings. The number of rotatable bonds is 12. The summed E-state index contributed by atoms with van der Waals surface area (Å²) < 4.78 is 20.3. The zero-order valence-electron chi connectivity index (χ0n) is 21.3. The van der Waals surface area contributed by atoms with Gasteiger partial charge in [-0.25, -0.2) is 9.37 Å². The van der Waals surface area contributed by atoms with Crippen LogP contribution in [0, 0.1) is 5.82 Å². The number of benzene rings is 1. The number of nitrogens with zero attached hydrogens (tertiary/aromatic N) is 2. The Morgan fingerprint density at radius 1 is 1.22 bits per heavy atom. The molecule has 3 aromatic rings. The largest absolute Gasteiger partial charge is 0.386 e. The molecule has 2 aromatic heterocycles. The van der Waals surface area contributed by atoms with Gasteiger partial charge in [-0.3, -0.25) is 9.59 Å². The first-order chi connectivity index (χ1) is 17.4. The molecule has 198 valence electrons. The predicted octanol–water partition coefficient (Wildman–Crippen LogP) is 3.21. The summed E-state index contributed by atoms with van der Waals surface area (Å²) in [6, 6.07) is 11.2. The van der Waals surface area contributed by atoms with Gasteiger partial charge < -0.3 is 31.1 Å². The SMILES string of the molecule is CN(C)CCNC(=O)COCc1cccc(Nc2sc(-c3ccc(C(C)(C)O)cc3F)cc2C(N)=O)n1. The van der Waals surface area contributed by atoms with Crippen LogP contribution in [0.1, 0.15) is 35.5 Å². The summed E-state index contributed by atoms with van der Waals surface area (Å²) in [5.74, 6) is -0.966. The Hall–Kier alpha value is -3.38. The van der Waals surface area contributed by atoms with Crippen molar-refractivity contribution in [3.8, 4) is 10.4 Å². The third-order valence-corrected chi connectivity index (χ3v) is 6.43. The van der Waals surface area contributed by atoms with Crippen LogP contribution in [0.3, 0.4) is 0 Å². The number of likely N-dealkylation sites (N-methyl/N-ethyl adjacent to an activating group) is 1. The monoisotopic (exact) mass is 529 g/mol. The van der Waals surface area contributed by atoms with Gasteiger partial charge in [-0.15, -0.1) is 11.3 Å². The van der Waals surface area contributed by atoms with Crippen molar-refractivity contribution in [1.82, 2.24) is 15.2 Å². The fourth-order valence-corrected chi connectivity index (χ4v) is 4.46. The minimum atomic E-state index is -1.18. The number of thiophene rings is 1. The summed E-state index contributed by atoms with van der Waals surface area (Å²) in [4.78, 5) is 30.9. The standard InChI is InChI=1S/C26H32FN5O4S/c1-26(2,35)16-8-9-18(20(27)12-16)21-13-19(24(28)34)25(37-21)31-22-7-5-6-17(30-22)14-36-15-23(33)29-10-11-32(3)4/h5-9,12-13,35H,10-11,14-15H2,1-4H3,(H2,28,34)(H,29,33)(H,30,31). The first kappa shape index (κ1) is 28.2. The number of aliphatic hydroxyl groups is 1. The Morgan fingerprint density at radius 2 is 1.97 bits per heavy atom. The summed E-state index contributed by atoms with van der Waals surface area (Å²) in [6.45, 7) is 4.45. The molecule has 0 aliphatic heterocycles. The van der Waals surface area contributed by atoms with Crippen LogP contribution in [0.25, 0.3) is 10.4 Å². The number of hydrogen-bond donors (Lipinski definition) is 4. The van der Waals surface area contributed by atoms with Gasteiger partial charge >= 0.3 is 0 Å². The second-order valence-corrected chi connectivity index (χ2v) is 10.3. The van der Waals surface area contributed by atoms with E-state index in [1.807, 2.05) is 19.0 Å². The number of aromatic nitrogens is 1. The van der Waals surface area contributed by atoms with E-state index in [-0.39, 0.29) is 30.2 Å². The highest BCUT2D eigenvalue weighted by Crippen LogP contribution is 2.38. The van der Waals surface area contributed by atoms with Crippen molar-refractivity contribution >= 4 is 34.0 Å². The maximum Gasteiger partial charge on any atom is 0.251 e. The predicted molar refractivity (Wildman–Crippen MR) is 142 cm³/mol. The quantitative estimate of drug-likeness (QED) is 0.283. The Labute approximate surface area is 219 Å². The summed E-state index contributed by atoms with van der Waals surface area (Å²) in [5, 5.41) is 16.4. The summed E-state index contributed by atoms with van der Waals surface area (Å²) in [5.41, 5.74) is 5.89. The van der Waals surface area contributed by atoms with E-state index in [1.165, 1.54) is 12.1 Å². The molecule has 2 amide bonds. The number of ether oxygens (including phenoxy) is 1. The van der Waals surface area contributed by atoms with Gasteiger partial charge in [0.1, 0.15) is 23.2 Å². The van der Waals surface area contributed by atoms with Crippen molar-refractivity contribution in [1.29, 1.82) is 0 Å². The molecule has 0 fully saturated rings. The lowest BCUT2D eigenvalue weighted by molar-refractivity contribution is -0.126. The third-order valence-electron chi connectivity index (χ3n) is 5.35. The van der Waals surface area contributed by atoms with Crippen molar-refractivity contribution < 1.29 is 23.8 Å². The highest BCUT2D eigenvalue weighted by Gasteiger charge is 2.21. The van der Waals surface area contributed by atoms with Crippen molar-refractivity contribution in [3.63, 3.8) is 0 Å². The van der Waals surface area contributed by atoms with Crippen molar-refractivity contribution in [2.45, 2.75) is 26.1 Å². The average molecular weight is 530 g/mol. The molecule has 37 heavy (non-hydrogen) atoms. The van der Waals surface area contributed by atoms with E-state index in [1.54, 1.807) is 44.2 Å². The highest BCUT2D eigenvalue weighted by atomic mass is 32.1. The Morgan fingerprint density at radius 3 is 2.62 bits per heavy atom. The average Bonchev–Trinajstić information content (AvgIpc) is 3.22. The van der Waals surface area contributed by atoms with Crippen molar-refractivity contribution in [2.24, 2.45) is 5.73 Å². The smallest absolute Gasteiger partial charge is 0.251 e. The molecule has 0 bridgehead atoms. The zero-order chi connectivity index (χ0) is 27.2. The number of carbonyl (C=O) groups is 2. The lowest BCUT2D eigenvalue weighted by Gasteiger charge is -2.18. The number of nitrogens with one attached hydrogen (secondary N) is 2. The number of amides is 2. The summed E-state index contributed by atoms with van der Waals surface area (Å²) >= 11 is 1.16. The maximum atomic E-state index is 14.9. The van der Waals surface area contributed by atoms with Gasteiger partial charge in [0.25, 0.3) is 5.91 Å². The highest BCUT2D eigenvalue weighted by molar-refractivity contribution is 7.19. The Balaban J connectivity index is 1.70. The minimum absolute atomic E-state index is 0.0926. The van der Waals surface area contributed by atoms with E-state index in [2.05, 4.69) is 15.6 Å². The first-order valence-electron chi connectivity index (χ1n) is 11.6. The van der Waals surface area contributed by atoms with Gasteiger partial charge in [0.2, 0.25) is 5.91 Å². The van der Waals surface area contributed by atoms with Crippen LogP contribution in [-0.4, -0.2) is 60.6 Å². The number of hydrogen-bond acceptors (Lipinski definition) is 8. The number of nitrogens with two attached hydrogens (primary N) is 1. The van der Waals surface area contributed by atoms with Gasteiger partial charge in [0.05, 0.1) is 23.5 Å². The Kier molecular flexibility index (Phi) is 9.33. The Bertz CT molecular complexity index is 1260. The topological polar surface area (TPSA) is 130 Å². The van der Waals surface area contributed by atoms with E-state index >= 15 is 0 Å². The molecular formula is C26H32FN5O4S. The van der Waals surface area contributed by atoms with Crippen LogP contribution in [0.5, 0.6) is 0 Å². The lowest BCUT2D eigenvalue weighted by Crippen LogP contribution is -2.33. The molecule has 5 N–H and O–H groups in total. The summed E-state index contributed by atoms with van der Waals surface area (Å²) in [6.07, 6.45) is 0. The second-order valence-electron chi connectivity index (χ2n) is 9.26. The molecule has 3 rings (SSSR count). The molecule has 0 spiro atoms. The van der Waals surface area contributed by atoms with Crippen molar-refractivity contribution in [2.75, 3.05) is 39.1 Å². The van der Waals surface area contributed by atoms with Gasteiger partial charge in [-0.1, -0.05) is 18.2 Å². The number of pyridine rings is 1. The second kappa shape index (κ2) is 12.2. The molecule has 0 atom stereocenters. The van der Waals surface area contributed by atoms with E-state index in [0.29, 0.717) is 33.5 Å². The van der Waals surface area contributed by atoms with Crippen LogP contribution >= 0.6 is 11.3 Å². The third kappa shape index (κ3) is 8.05. The van der Waals surface area contributed by atoms with E-state index < -0.39 is 17.3 Å². The number of primary amides is 1. The normalized spacial score (nSPS) is 11.5. The molecule has 0 saturated carbocycles. The van der Waals surface area contributed by atoms with Gasteiger partial charge in [0.15, 0.2) is 0 Å².